The maximum absolute atomic E-state index is 9.03. The molecular formula is C6H5N3O. The zero-order valence-electron chi connectivity index (χ0n) is 5.10. The molecule has 0 atom stereocenters. The zero-order valence-corrected chi connectivity index (χ0v) is 5.10. The van der Waals surface area contributed by atoms with E-state index in [2.05, 4.69) is 9.97 Å². The fourth-order valence-electron chi connectivity index (χ4n) is 0.847. The van der Waals surface area contributed by atoms with Gasteiger partial charge in [-0.05, 0) is 6.07 Å². The van der Waals surface area contributed by atoms with Crippen molar-refractivity contribution in [2.75, 3.05) is 0 Å². The van der Waals surface area contributed by atoms with Crippen LogP contribution < -0.4 is 0 Å². The van der Waals surface area contributed by atoms with Crippen molar-refractivity contribution < 1.29 is 5.21 Å². The minimum atomic E-state index is 0.488. The Morgan fingerprint density at radius 2 is 2.10 bits per heavy atom. The molecule has 0 unspecified atom stereocenters. The van der Waals surface area contributed by atoms with E-state index in [4.69, 9.17) is 5.21 Å². The Morgan fingerprint density at radius 1 is 1.30 bits per heavy atom. The number of nitrogens with zero attached hydrogens (tertiary/aromatic N) is 3. The lowest BCUT2D eigenvalue weighted by Gasteiger charge is -1.89. The van der Waals surface area contributed by atoms with Crippen LogP contribution in [0.25, 0.3) is 11.2 Å². The van der Waals surface area contributed by atoms with Crippen molar-refractivity contribution >= 4 is 11.2 Å². The second-order valence-electron chi connectivity index (χ2n) is 1.93. The van der Waals surface area contributed by atoms with Crippen LogP contribution in [0.15, 0.2) is 24.7 Å². The second-order valence-corrected chi connectivity index (χ2v) is 1.93. The molecular weight excluding hydrogens is 130 g/mol. The average molecular weight is 135 g/mol. The molecule has 0 spiro atoms. The van der Waals surface area contributed by atoms with Crippen LogP contribution in [-0.2, 0) is 0 Å². The van der Waals surface area contributed by atoms with Crippen LogP contribution in [0, 0.1) is 0 Å². The Balaban J connectivity index is 2.93. The Kier molecular flexibility index (Phi) is 0.887. The summed E-state index contributed by atoms with van der Waals surface area (Å²) in [6.07, 6.45) is 4.63. The molecule has 0 fully saturated rings. The van der Waals surface area contributed by atoms with Gasteiger partial charge < -0.3 is 5.21 Å². The van der Waals surface area contributed by atoms with E-state index in [0.717, 1.165) is 4.73 Å². The maximum atomic E-state index is 9.03. The summed E-state index contributed by atoms with van der Waals surface area (Å²) in [7, 11) is 0. The van der Waals surface area contributed by atoms with Gasteiger partial charge in [-0.3, -0.25) is 4.98 Å². The third-order valence-electron chi connectivity index (χ3n) is 1.30. The van der Waals surface area contributed by atoms with Crippen LogP contribution in [0.3, 0.4) is 0 Å². The molecule has 2 rings (SSSR count). The Labute approximate surface area is 56.7 Å². The normalized spacial score (nSPS) is 10.4. The molecule has 0 radical (unpaired) electrons. The van der Waals surface area contributed by atoms with Gasteiger partial charge in [-0.25, -0.2) is 4.98 Å². The lowest BCUT2D eigenvalue weighted by Crippen LogP contribution is -1.88. The first-order chi connectivity index (χ1) is 4.88. The van der Waals surface area contributed by atoms with Crippen LogP contribution in [-0.4, -0.2) is 19.9 Å². The molecule has 0 saturated carbocycles. The van der Waals surface area contributed by atoms with Crippen molar-refractivity contribution in [2.24, 2.45) is 0 Å². The van der Waals surface area contributed by atoms with Gasteiger partial charge in [-0.15, -0.1) is 0 Å². The highest BCUT2D eigenvalue weighted by Crippen LogP contribution is 2.05. The summed E-state index contributed by atoms with van der Waals surface area (Å²) in [5.41, 5.74) is 1.19. The van der Waals surface area contributed by atoms with E-state index in [1.54, 1.807) is 12.3 Å². The van der Waals surface area contributed by atoms with Crippen molar-refractivity contribution in [2.45, 2.75) is 0 Å². The van der Waals surface area contributed by atoms with Crippen molar-refractivity contribution in [1.82, 2.24) is 14.7 Å². The van der Waals surface area contributed by atoms with Gasteiger partial charge in [0, 0.05) is 18.6 Å². The highest BCUT2D eigenvalue weighted by molar-refractivity contribution is 5.69. The van der Waals surface area contributed by atoms with E-state index in [1.165, 1.54) is 12.4 Å². The summed E-state index contributed by atoms with van der Waals surface area (Å²) in [6.45, 7) is 0. The first kappa shape index (κ1) is 5.22. The molecule has 2 aromatic rings. The highest BCUT2D eigenvalue weighted by Gasteiger charge is 1.97. The lowest BCUT2D eigenvalue weighted by molar-refractivity contribution is 0.198. The van der Waals surface area contributed by atoms with Gasteiger partial charge in [0.05, 0.1) is 0 Å². The molecule has 4 nitrogen and oxygen atoms in total. The van der Waals surface area contributed by atoms with Gasteiger partial charge in [0.25, 0.3) is 0 Å². The van der Waals surface area contributed by atoms with Gasteiger partial charge in [0.2, 0.25) is 0 Å². The number of aromatic nitrogens is 3. The molecule has 10 heavy (non-hydrogen) atoms. The maximum Gasteiger partial charge on any atom is 0.193 e. The molecule has 0 bridgehead atoms. The average Bonchev–Trinajstić information content (AvgIpc) is 2.34. The molecule has 50 valence electrons. The molecule has 1 N–H and O–H groups in total. The second kappa shape index (κ2) is 1.70. The zero-order chi connectivity index (χ0) is 6.97. The molecule has 0 aliphatic rings. The molecule has 2 aromatic heterocycles. The summed E-state index contributed by atoms with van der Waals surface area (Å²) in [4.78, 5) is 7.85. The van der Waals surface area contributed by atoms with Gasteiger partial charge in [0.1, 0.15) is 5.52 Å². The predicted octanol–water partition coefficient (Wildman–Crippen LogP) is 0.669. The SMILES string of the molecule is On1ccc2nccnc21. The summed E-state index contributed by atoms with van der Waals surface area (Å²) in [5.74, 6) is 0. The summed E-state index contributed by atoms with van der Waals surface area (Å²) < 4.78 is 0.947. The summed E-state index contributed by atoms with van der Waals surface area (Å²) >= 11 is 0. The van der Waals surface area contributed by atoms with Gasteiger partial charge in [-0.2, -0.15) is 4.73 Å². The third kappa shape index (κ3) is 0.556. The van der Waals surface area contributed by atoms with E-state index >= 15 is 0 Å². The number of hydrogen-bond donors (Lipinski definition) is 1. The Morgan fingerprint density at radius 3 is 2.90 bits per heavy atom. The fourth-order valence-corrected chi connectivity index (χ4v) is 0.847. The van der Waals surface area contributed by atoms with Gasteiger partial charge in [-0.1, -0.05) is 0 Å². The van der Waals surface area contributed by atoms with Crippen molar-refractivity contribution in [3.63, 3.8) is 0 Å². The van der Waals surface area contributed by atoms with E-state index in [9.17, 15) is 0 Å². The number of hydrogen-bond acceptors (Lipinski definition) is 3. The number of fused-ring (bicyclic) bond motifs is 1. The molecule has 0 aliphatic carbocycles. The van der Waals surface area contributed by atoms with Crippen molar-refractivity contribution in [3.8, 4) is 0 Å². The third-order valence-corrected chi connectivity index (χ3v) is 1.30. The standard InChI is InChI=1S/C6H5N3O/c10-9-4-1-5-6(9)8-3-2-7-5/h1-4,10H. The number of rotatable bonds is 0. The molecule has 0 saturated heterocycles. The molecule has 4 heteroatoms. The van der Waals surface area contributed by atoms with E-state index in [-0.39, 0.29) is 0 Å². The lowest BCUT2D eigenvalue weighted by atomic mass is 10.5. The van der Waals surface area contributed by atoms with Crippen molar-refractivity contribution in [3.05, 3.63) is 24.7 Å². The molecule has 0 aliphatic heterocycles. The smallest absolute Gasteiger partial charge is 0.193 e. The van der Waals surface area contributed by atoms with Gasteiger partial charge in [0.15, 0.2) is 5.65 Å². The molecule has 2 heterocycles. The predicted molar refractivity (Wildman–Crippen MR) is 34.7 cm³/mol. The largest absolute Gasteiger partial charge is 0.427 e. The van der Waals surface area contributed by atoms with E-state index in [1.807, 2.05) is 0 Å². The van der Waals surface area contributed by atoms with Crippen LogP contribution in [0.5, 0.6) is 0 Å². The Hall–Kier alpha value is -1.58. The topological polar surface area (TPSA) is 50.9 Å². The first-order valence-corrected chi connectivity index (χ1v) is 2.85. The van der Waals surface area contributed by atoms with E-state index < -0.39 is 0 Å². The Bertz CT molecular complexity index is 355. The van der Waals surface area contributed by atoms with Gasteiger partial charge >= 0.3 is 0 Å². The minimum absolute atomic E-state index is 0.488. The highest BCUT2D eigenvalue weighted by atomic mass is 16.5. The fraction of sp³-hybridized carbons (Fsp3) is 0. The summed E-state index contributed by atoms with van der Waals surface area (Å²) in [6, 6.07) is 1.70. The van der Waals surface area contributed by atoms with Crippen LogP contribution >= 0.6 is 0 Å². The monoisotopic (exact) mass is 135 g/mol. The van der Waals surface area contributed by atoms with Crippen LogP contribution in [0.1, 0.15) is 0 Å². The van der Waals surface area contributed by atoms with Crippen LogP contribution in [0.2, 0.25) is 0 Å². The first-order valence-electron chi connectivity index (χ1n) is 2.85. The summed E-state index contributed by atoms with van der Waals surface area (Å²) in [5, 5.41) is 9.03. The molecule has 0 amide bonds. The quantitative estimate of drug-likeness (QED) is 0.540. The van der Waals surface area contributed by atoms with Crippen LogP contribution in [0.4, 0.5) is 0 Å². The molecule has 0 aromatic carbocycles. The minimum Gasteiger partial charge on any atom is -0.427 e. The van der Waals surface area contributed by atoms with Crippen molar-refractivity contribution in [1.29, 1.82) is 0 Å². The van der Waals surface area contributed by atoms with E-state index in [0.29, 0.717) is 11.2 Å².